The van der Waals surface area contributed by atoms with Gasteiger partial charge in [0.2, 0.25) is 0 Å². The number of amides is 1. The average Bonchev–Trinajstić information content (AvgIpc) is 3.44. The van der Waals surface area contributed by atoms with Gasteiger partial charge in [-0.1, -0.05) is 12.1 Å². The number of aromatic nitrogens is 6. The minimum atomic E-state index is -0.344. The third kappa shape index (κ3) is 3.34. The van der Waals surface area contributed by atoms with Crippen LogP contribution in [0.15, 0.2) is 79.4 Å². The number of hydrogen-bond acceptors (Lipinski definition) is 5. The molecular weight excluding hydrogens is 366 g/mol. The number of hydrogen-bond donors (Lipinski definition) is 2. The first-order valence-corrected chi connectivity index (χ1v) is 8.95. The standard InChI is InChI=1S/C21H15N7O/c29-21(18-12-22-13-19(25-18)28-11-3-10-23-28)24-15-8-6-14(7-9-15)20-26-16-4-1-2-5-17(16)27-20/h1-13H,(H,24,29)(H,26,27). The summed E-state index contributed by atoms with van der Waals surface area (Å²) in [6.07, 6.45) is 6.34. The molecule has 0 atom stereocenters. The highest BCUT2D eigenvalue weighted by Crippen LogP contribution is 2.22. The number of anilines is 1. The predicted octanol–water partition coefficient (Wildman–Crippen LogP) is 3.46. The molecule has 2 N–H and O–H groups in total. The molecule has 1 amide bonds. The molecule has 0 saturated carbocycles. The van der Waals surface area contributed by atoms with E-state index in [1.807, 2.05) is 48.5 Å². The molecule has 0 spiro atoms. The van der Waals surface area contributed by atoms with Crippen LogP contribution < -0.4 is 5.32 Å². The van der Waals surface area contributed by atoms with Crippen molar-refractivity contribution in [2.45, 2.75) is 0 Å². The summed E-state index contributed by atoms with van der Waals surface area (Å²) in [6, 6.07) is 17.1. The van der Waals surface area contributed by atoms with Crippen LogP contribution in [0.25, 0.3) is 28.2 Å². The summed E-state index contributed by atoms with van der Waals surface area (Å²) in [5, 5.41) is 6.93. The molecular formula is C21H15N7O. The molecule has 0 aliphatic carbocycles. The molecule has 3 heterocycles. The molecule has 0 aliphatic heterocycles. The summed E-state index contributed by atoms with van der Waals surface area (Å²) >= 11 is 0. The van der Waals surface area contributed by atoms with Gasteiger partial charge >= 0.3 is 0 Å². The number of para-hydroxylation sites is 2. The Morgan fingerprint density at radius 3 is 2.62 bits per heavy atom. The number of rotatable bonds is 4. The second kappa shape index (κ2) is 7.01. The first-order valence-electron chi connectivity index (χ1n) is 8.95. The molecule has 0 aliphatic rings. The van der Waals surface area contributed by atoms with Crippen molar-refractivity contribution >= 4 is 22.6 Å². The van der Waals surface area contributed by atoms with Gasteiger partial charge in [0.25, 0.3) is 5.91 Å². The molecule has 0 unspecified atom stereocenters. The van der Waals surface area contributed by atoms with Crippen molar-refractivity contribution in [3.8, 4) is 17.2 Å². The van der Waals surface area contributed by atoms with Gasteiger partial charge in [-0.25, -0.2) is 14.6 Å². The van der Waals surface area contributed by atoms with Crippen LogP contribution in [0.2, 0.25) is 0 Å². The number of nitrogens with one attached hydrogen (secondary N) is 2. The maximum absolute atomic E-state index is 12.5. The Kier molecular flexibility index (Phi) is 4.06. The number of imidazole rings is 1. The highest BCUT2D eigenvalue weighted by Gasteiger charge is 2.11. The first-order chi connectivity index (χ1) is 14.3. The maximum atomic E-state index is 12.5. The van der Waals surface area contributed by atoms with Gasteiger partial charge in [0, 0.05) is 23.6 Å². The van der Waals surface area contributed by atoms with Crippen molar-refractivity contribution in [3.05, 3.63) is 85.1 Å². The molecule has 8 heteroatoms. The van der Waals surface area contributed by atoms with E-state index in [0.717, 1.165) is 22.4 Å². The highest BCUT2D eigenvalue weighted by atomic mass is 16.1. The summed E-state index contributed by atoms with van der Waals surface area (Å²) in [4.78, 5) is 28.8. The van der Waals surface area contributed by atoms with E-state index in [9.17, 15) is 4.79 Å². The molecule has 0 saturated heterocycles. The van der Waals surface area contributed by atoms with E-state index >= 15 is 0 Å². The van der Waals surface area contributed by atoms with Crippen molar-refractivity contribution < 1.29 is 4.79 Å². The number of H-pyrrole nitrogens is 1. The second-order valence-corrected chi connectivity index (χ2v) is 6.35. The Morgan fingerprint density at radius 2 is 1.83 bits per heavy atom. The molecule has 140 valence electrons. The monoisotopic (exact) mass is 381 g/mol. The van der Waals surface area contributed by atoms with Gasteiger partial charge in [0.15, 0.2) is 5.82 Å². The Balaban J connectivity index is 1.34. The zero-order valence-electron chi connectivity index (χ0n) is 15.1. The SMILES string of the molecule is O=C(Nc1ccc(-c2nc3ccccc3[nH]2)cc1)c1cncc(-n2cccn2)n1. The normalized spacial score (nSPS) is 10.9. The zero-order valence-corrected chi connectivity index (χ0v) is 15.1. The third-order valence-electron chi connectivity index (χ3n) is 4.40. The lowest BCUT2D eigenvalue weighted by atomic mass is 10.2. The molecule has 5 rings (SSSR count). The Bertz CT molecular complexity index is 1260. The molecule has 3 aromatic heterocycles. The number of benzene rings is 2. The number of carbonyl (C=O) groups is 1. The number of nitrogens with zero attached hydrogens (tertiary/aromatic N) is 5. The van der Waals surface area contributed by atoms with E-state index in [1.54, 1.807) is 29.3 Å². The fraction of sp³-hybridized carbons (Fsp3) is 0. The maximum Gasteiger partial charge on any atom is 0.275 e. The van der Waals surface area contributed by atoms with Crippen LogP contribution in [0.5, 0.6) is 0 Å². The van der Waals surface area contributed by atoms with Crippen LogP contribution in [-0.2, 0) is 0 Å². The molecule has 29 heavy (non-hydrogen) atoms. The summed E-state index contributed by atoms with van der Waals surface area (Å²) in [6.45, 7) is 0. The fourth-order valence-electron chi connectivity index (χ4n) is 2.98. The topological polar surface area (TPSA) is 101 Å². The lowest BCUT2D eigenvalue weighted by molar-refractivity contribution is 0.102. The van der Waals surface area contributed by atoms with Gasteiger partial charge < -0.3 is 10.3 Å². The van der Waals surface area contributed by atoms with Crippen LogP contribution in [0.1, 0.15) is 10.5 Å². The van der Waals surface area contributed by atoms with Crippen molar-refractivity contribution in [1.29, 1.82) is 0 Å². The van der Waals surface area contributed by atoms with E-state index < -0.39 is 0 Å². The van der Waals surface area contributed by atoms with E-state index in [1.165, 1.54) is 6.20 Å². The van der Waals surface area contributed by atoms with Crippen molar-refractivity contribution in [3.63, 3.8) is 0 Å². The molecule has 0 radical (unpaired) electrons. The van der Waals surface area contributed by atoms with Crippen molar-refractivity contribution in [1.82, 2.24) is 29.7 Å². The van der Waals surface area contributed by atoms with Gasteiger partial charge in [-0.3, -0.25) is 9.78 Å². The minimum Gasteiger partial charge on any atom is -0.338 e. The number of carbonyl (C=O) groups excluding carboxylic acids is 1. The number of aromatic amines is 1. The zero-order chi connectivity index (χ0) is 19.6. The molecule has 2 aromatic carbocycles. The summed E-state index contributed by atoms with van der Waals surface area (Å²) in [7, 11) is 0. The Morgan fingerprint density at radius 1 is 0.966 bits per heavy atom. The highest BCUT2D eigenvalue weighted by molar-refractivity contribution is 6.02. The van der Waals surface area contributed by atoms with E-state index in [4.69, 9.17) is 0 Å². The summed E-state index contributed by atoms with van der Waals surface area (Å²) in [5.74, 6) is 0.910. The largest absolute Gasteiger partial charge is 0.338 e. The van der Waals surface area contributed by atoms with Crippen LogP contribution >= 0.6 is 0 Å². The minimum absolute atomic E-state index is 0.208. The third-order valence-corrected chi connectivity index (χ3v) is 4.40. The van der Waals surface area contributed by atoms with Crippen LogP contribution in [-0.4, -0.2) is 35.6 Å². The molecule has 5 aromatic rings. The van der Waals surface area contributed by atoms with Crippen LogP contribution in [0.4, 0.5) is 5.69 Å². The van der Waals surface area contributed by atoms with E-state index in [2.05, 4.69) is 30.4 Å². The van der Waals surface area contributed by atoms with Crippen molar-refractivity contribution in [2.75, 3.05) is 5.32 Å². The van der Waals surface area contributed by atoms with Gasteiger partial charge in [0.1, 0.15) is 11.5 Å². The summed E-state index contributed by atoms with van der Waals surface area (Å²) in [5.41, 5.74) is 3.69. The van der Waals surface area contributed by atoms with Crippen molar-refractivity contribution in [2.24, 2.45) is 0 Å². The van der Waals surface area contributed by atoms with Gasteiger partial charge in [-0.2, -0.15) is 5.10 Å². The second-order valence-electron chi connectivity index (χ2n) is 6.35. The van der Waals surface area contributed by atoms with Crippen LogP contribution in [0.3, 0.4) is 0 Å². The molecule has 0 fully saturated rings. The van der Waals surface area contributed by atoms with Crippen LogP contribution in [0, 0.1) is 0 Å². The average molecular weight is 381 g/mol. The smallest absolute Gasteiger partial charge is 0.275 e. The van der Waals surface area contributed by atoms with E-state index in [-0.39, 0.29) is 11.6 Å². The van der Waals surface area contributed by atoms with Gasteiger partial charge in [0.05, 0.1) is 23.4 Å². The quantitative estimate of drug-likeness (QED) is 0.496. The lowest BCUT2D eigenvalue weighted by Gasteiger charge is -2.06. The van der Waals surface area contributed by atoms with Gasteiger partial charge in [-0.05, 0) is 42.5 Å². The summed E-state index contributed by atoms with van der Waals surface area (Å²) < 4.78 is 1.55. The predicted molar refractivity (Wildman–Crippen MR) is 109 cm³/mol. The van der Waals surface area contributed by atoms with E-state index in [0.29, 0.717) is 11.5 Å². The molecule has 8 nitrogen and oxygen atoms in total. The Labute approximate surface area is 165 Å². The number of fused-ring (bicyclic) bond motifs is 1. The molecule has 0 bridgehead atoms. The lowest BCUT2D eigenvalue weighted by Crippen LogP contribution is -2.15. The Hall–Kier alpha value is -4.33. The fourth-order valence-corrected chi connectivity index (χ4v) is 2.98. The van der Waals surface area contributed by atoms with Gasteiger partial charge in [-0.15, -0.1) is 0 Å². The first kappa shape index (κ1) is 16.8.